The molecule has 2 heterocycles. The highest BCUT2D eigenvalue weighted by atomic mass is 32.2. The van der Waals surface area contributed by atoms with E-state index in [1.165, 1.54) is 12.3 Å². The van der Waals surface area contributed by atoms with Crippen LogP contribution in [0.2, 0.25) is 0 Å². The summed E-state index contributed by atoms with van der Waals surface area (Å²) in [6.07, 6.45) is 3.50. The van der Waals surface area contributed by atoms with E-state index in [2.05, 4.69) is 15.0 Å². The monoisotopic (exact) mass is 301 g/mol. The third-order valence-corrected chi connectivity index (χ3v) is 5.62. The SMILES string of the molecule is CCNc1cc(S(=O)(=O)NC2CCCSC2)ccn1. The molecule has 7 heteroatoms. The largest absolute Gasteiger partial charge is 0.370 e. The Labute approximate surface area is 118 Å². The van der Waals surface area contributed by atoms with E-state index in [4.69, 9.17) is 0 Å². The number of pyridine rings is 1. The molecule has 19 heavy (non-hydrogen) atoms. The average Bonchev–Trinajstić information content (AvgIpc) is 2.40. The molecule has 0 amide bonds. The smallest absolute Gasteiger partial charge is 0.241 e. The van der Waals surface area contributed by atoms with Gasteiger partial charge in [0.25, 0.3) is 0 Å². The molecular weight excluding hydrogens is 282 g/mol. The average molecular weight is 301 g/mol. The van der Waals surface area contributed by atoms with E-state index in [1.807, 2.05) is 6.92 Å². The van der Waals surface area contributed by atoms with Crippen molar-refractivity contribution in [3.8, 4) is 0 Å². The lowest BCUT2D eigenvalue weighted by molar-refractivity contribution is 0.543. The quantitative estimate of drug-likeness (QED) is 0.866. The Kier molecular flexibility index (Phi) is 5.06. The van der Waals surface area contributed by atoms with Crippen LogP contribution in [0.1, 0.15) is 19.8 Å². The Hall–Kier alpha value is -0.790. The van der Waals surface area contributed by atoms with Crippen LogP contribution in [0.15, 0.2) is 23.2 Å². The van der Waals surface area contributed by atoms with Crippen LogP contribution in [0.5, 0.6) is 0 Å². The van der Waals surface area contributed by atoms with Crippen LogP contribution in [-0.2, 0) is 10.0 Å². The molecule has 1 aromatic rings. The number of hydrogen-bond donors (Lipinski definition) is 2. The lowest BCUT2D eigenvalue weighted by Crippen LogP contribution is -2.38. The number of nitrogens with one attached hydrogen (secondary N) is 2. The molecule has 0 aliphatic carbocycles. The first-order valence-electron chi connectivity index (χ1n) is 6.42. The maximum absolute atomic E-state index is 12.3. The Morgan fingerprint density at radius 2 is 2.37 bits per heavy atom. The van der Waals surface area contributed by atoms with Gasteiger partial charge in [0.2, 0.25) is 10.0 Å². The van der Waals surface area contributed by atoms with Gasteiger partial charge in [-0.25, -0.2) is 18.1 Å². The molecule has 1 atom stereocenters. The summed E-state index contributed by atoms with van der Waals surface area (Å²) in [5.74, 6) is 2.56. The van der Waals surface area contributed by atoms with Gasteiger partial charge in [0.1, 0.15) is 5.82 Å². The van der Waals surface area contributed by atoms with Crippen molar-refractivity contribution in [2.45, 2.75) is 30.7 Å². The molecule has 1 unspecified atom stereocenters. The van der Waals surface area contributed by atoms with Crippen LogP contribution in [-0.4, -0.2) is 37.5 Å². The predicted molar refractivity (Wildman–Crippen MR) is 79.1 cm³/mol. The van der Waals surface area contributed by atoms with E-state index in [9.17, 15) is 8.42 Å². The lowest BCUT2D eigenvalue weighted by Gasteiger charge is -2.22. The van der Waals surface area contributed by atoms with Crippen molar-refractivity contribution in [3.05, 3.63) is 18.3 Å². The highest BCUT2D eigenvalue weighted by Gasteiger charge is 2.22. The van der Waals surface area contributed by atoms with Gasteiger partial charge in [0, 0.05) is 30.6 Å². The summed E-state index contributed by atoms with van der Waals surface area (Å²) in [5, 5.41) is 3.02. The number of rotatable bonds is 5. The molecule has 106 valence electrons. The second kappa shape index (κ2) is 6.58. The first-order valence-corrected chi connectivity index (χ1v) is 9.05. The molecular formula is C12H19N3O2S2. The van der Waals surface area contributed by atoms with E-state index in [1.54, 1.807) is 17.8 Å². The molecule has 1 saturated heterocycles. The number of thioether (sulfide) groups is 1. The first-order chi connectivity index (χ1) is 9.12. The molecule has 1 aliphatic heterocycles. The third-order valence-electron chi connectivity index (χ3n) is 2.88. The topological polar surface area (TPSA) is 71.1 Å². The fourth-order valence-corrected chi connectivity index (χ4v) is 4.44. The van der Waals surface area contributed by atoms with Gasteiger partial charge >= 0.3 is 0 Å². The maximum atomic E-state index is 12.3. The van der Waals surface area contributed by atoms with Gasteiger partial charge in [-0.2, -0.15) is 11.8 Å². The Morgan fingerprint density at radius 3 is 3.05 bits per heavy atom. The maximum Gasteiger partial charge on any atom is 0.241 e. The summed E-state index contributed by atoms with van der Waals surface area (Å²) in [4.78, 5) is 4.35. The molecule has 1 fully saturated rings. The van der Waals surface area contributed by atoms with Gasteiger partial charge in [0.15, 0.2) is 0 Å². The summed E-state index contributed by atoms with van der Waals surface area (Å²) in [7, 11) is -3.44. The summed E-state index contributed by atoms with van der Waals surface area (Å²) in [6, 6.07) is 3.14. The fourth-order valence-electron chi connectivity index (χ4n) is 1.98. The second-order valence-electron chi connectivity index (χ2n) is 4.44. The van der Waals surface area contributed by atoms with Crippen LogP contribution in [0.4, 0.5) is 5.82 Å². The number of aromatic nitrogens is 1. The van der Waals surface area contributed by atoms with Crippen molar-refractivity contribution in [1.29, 1.82) is 0 Å². The van der Waals surface area contributed by atoms with Crippen LogP contribution in [0.25, 0.3) is 0 Å². The van der Waals surface area contributed by atoms with Crippen molar-refractivity contribution in [1.82, 2.24) is 9.71 Å². The van der Waals surface area contributed by atoms with Gasteiger partial charge < -0.3 is 5.32 Å². The minimum Gasteiger partial charge on any atom is -0.370 e. The zero-order valence-corrected chi connectivity index (χ0v) is 12.6. The summed E-state index contributed by atoms with van der Waals surface area (Å²) >= 11 is 1.80. The Morgan fingerprint density at radius 1 is 1.53 bits per heavy atom. The van der Waals surface area contributed by atoms with E-state index in [-0.39, 0.29) is 10.9 Å². The molecule has 1 aromatic heterocycles. The van der Waals surface area contributed by atoms with Crippen LogP contribution in [0, 0.1) is 0 Å². The number of hydrogen-bond acceptors (Lipinski definition) is 5. The minimum atomic E-state index is -3.44. The summed E-state index contributed by atoms with van der Waals surface area (Å²) < 4.78 is 27.3. The molecule has 5 nitrogen and oxygen atoms in total. The third kappa shape index (κ3) is 4.09. The highest BCUT2D eigenvalue weighted by molar-refractivity contribution is 7.99. The number of sulfonamides is 1. The minimum absolute atomic E-state index is 0.0412. The second-order valence-corrected chi connectivity index (χ2v) is 7.31. The van der Waals surface area contributed by atoms with Crippen molar-refractivity contribution in [2.75, 3.05) is 23.4 Å². The number of nitrogens with zero attached hydrogens (tertiary/aromatic N) is 1. The standard InChI is InChI=1S/C12H19N3O2S2/c1-2-13-12-8-11(5-6-14-12)19(16,17)15-10-4-3-7-18-9-10/h5-6,8,10,15H,2-4,7,9H2,1H3,(H,13,14). The lowest BCUT2D eigenvalue weighted by atomic mass is 10.2. The zero-order chi connectivity index (χ0) is 13.7. The van der Waals surface area contributed by atoms with E-state index in [0.717, 1.165) is 24.3 Å². The van der Waals surface area contributed by atoms with Crippen molar-refractivity contribution in [3.63, 3.8) is 0 Å². The predicted octanol–water partition coefficient (Wildman–Crippen LogP) is 1.69. The van der Waals surface area contributed by atoms with Crippen molar-refractivity contribution >= 4 is 27.6 Å². The van der Waals surface area contributed by atoms with E-state index >= 15 is 0 Å². The van der Waals surface area contributed by atoms with Crippen molar-refractivity contribution in [2.24, 2.45) is 0 Å². The Bertz CT molecular complexity index is 513. The number of anilines is 1. The fraction of sp³-hybridized carbons (Fsp3) is 0.583. The molecule has 0 spiro atoms. The summed E-state index contributed by atoms with van der Waals surface area (Å²) in [5.41, 5.74) is 0. The van der Waals surface area contributed by atoms with E-state index in [0.29, 0.717) is 12.4 Å². The Balaban J connectivity index is 2.11. The summed E-state index contributed by atoms with van der Waals surface area (Å²) in [6.45, 7) is 2.66. The zero-order valence-electron chi connectivity index (χ0n) is 10.9. The normalized spacial score (nSPS) is 20.2. The van der Waals surface area contributed by atoms with Gasteiger partial charge in [-0.15, -0.1) is 0 Å². The molecule has 0 aromatic carbocycles. The molecule has 0 radical (unpaired) electrons. The van der Waals surface area contributed by atoms with Crippen molar-refractivity contribution < 1.29 is 8.42 Å². The van der Waals surface area contributed by atoms with E-state index < -0.39 is 10.0 Å². The molecule has 1 aliphatic rings. The molecule has 0 saturated carbocycles. The van der Waals surface area contributed by atoms with Gasteiger partial charge in [0.05, 0.1) is 4.90 Å². The van der Waals surface area contributed by atoms with Crippen LogP contribution >= 0.6 is 11.8 Å². The highest BCUT2D eigenvalue weighted by Crippen LogP contribution is 2.20. The molecule has 0 bridgehead atoms. The molecule has 2 rings (SSSR count). The first kappa shape index (κ1) is 14.6. The van der Waals surface area contributed by atoms with Gasteiger partial charge in [-0.1, -0.05) is 0 Å². The van der Waals surface area contributed by atoms with Gasteiger partial charge in [-0.05, 0) is 31.6 Å². The van der Waals surface area contributed by atoms with Crippen LogP contribution < -0.4 is 10.0 Å². The van der Waals surface area contributed by atoms with Gasteiger partial charge in [-0.3, -0.25) is 0 Å². The molecule has 2 N–H and O–H groups in total. The van der Waals surface area contributed by atoms with Crippen LogP contribution in [0.3, 0.4) is 0 Å².